The molecule has 3 nitrogen and oxygen atoms in total. The minimum Gasteiger partial charge on any atom is -0.384 e. The number of aromatic nitrogens is 2. The Bertz CT molecular complexity index is 733. The van der Waals surface area contributed by atoms with E-state index in [0.717, 1.165) is 32.5 Å². The SMILES string of the molecule is CSCc1nc(-c2cccc(C)c2)c(-c2ccnc(N)c2)s1. The van der Waals surface area contributed by atoms with Gasteiger partial charge in [-0.2, -0.15) is 11.8 Å². The van der Waals surface area contributed by atoms with Gasteiger partial charge in [0.15, 0.2) is 0 Å². The van der Waals surface area contributed by atoms with E-state index >= 15 is 0 Å². The first kappa shape index (κ1) is 15.1. The normalized spacial score (nSPS) is 10.8. The largest absolute Gasteiger partial charge is 0.384 e. The molecule has 2 heterocycles. The van der Waals surface area contributed by atoms with Crippen LogP contribution in [0.5, 0.6) is 0 Å². The van der Waals surface area contributed by atoms with Crippen LogP contribution in [0.15, 0.2) is 42.6 Å². The maximum absolute atomic E-state index is 5.84. The molecule has 3 aromatic rings. The summed E-state index contributed by atoms with van der Waals surface area (Å²) in [5, 5.41) is 1.13. The molecule has 0 radical (unpaired) electrons. The van der Waals surface area contributed by atoms with E-state index in [-0.39, 0.29) is 0 Å². The average molecular weight is 327 g/mol. The molecule has 22 heavy (non-hydrogen) atoms. The molecule has 0 amide bonds. The summed E-state index contributed by atoms with van der Waals surface area (Å²) in [6.07, 6.45) is 3.84. The topological polar surface area (TPSA) is 51.8 Å². The monoisotopic (exact) mass is 327 g/mol. The first-order chi connectivity index (χ1) is 10.7. The van der Waals surface area contributed by atoms with Crippen molar-refractivity contribution in [2.75, 3.05) is 12.0 Å². The van der Waals surface area contributed by atoms with Crippen molar-refractivity contribution in [3.63, 3.8) is 0 Å². The van der Waals surface area contributed by atoms with Gasteiger partial charge in [-0.25, -0.2) is 9.97 Å². The van der Waals surface area contributed by atoms with Crippen molar-refractivity contribution < 1.29 is 0 Å². The molecule has 0 bridgehead atoms. The van der Waals surface area contributed by atoms with Crippen LogP contribution in [0.1, 0.15) is 10.6 Å². The maximum atomic E-state index is 5.84. The molecular formula is C17H17N3S2. The van der Waals surface area contributed by atoms with Crippen LogP contribution in [0.25, 0.3) is 21.7 Å². The van der Waals surface area contributed by atoms with E-state index in [4.69, 9.17) is 10.7 Å². The molecule has 0 aliphatic heterocycles. The predicted molar refractivity (Wildman–Crippen MR) is 97.1 cm³/mol. The summed E-state index contributed by atoms with van der Waals surface area (Å²) >= 11 is 3.52. The lowest BCUT2D eigenvalue weighted by Gasteiger charge is -2.04. The Balaban J connectivity index is 2.16. The molecule has 0 unspecified atom stereocenters. The summed E-state index contributed by atoms with van der Waals surface area (Å²) in [6, 6.07) is 12.4. The molecule has 0 aliphatic carbocycles. The summed E-state index contributed by atoms with van der Waals surface area (Å²) in [7, 11) is 0. The third kappa shape index (κ3) is 3.15. The fourth-order valence-electron chi connectivity index (χ4n) is 2.32. The molecule has 0 saturated heterocycles. The number of hydrogen-bond acceptors (Lipinski definition) is 5. The Hall–Kier alpha value is -1.85. The van der Waals surface area contributed by atoms with Crippen molar-refractivity contribution >= 4 is 28.9 Å². The molecule has 2 aromatic heterocycles. The van der Waals surface area contributed by atoms with E-state index in [0.29, 0.717) is 5.82 Å². The van der Waals surface area contributed by atoms with Gasteiger partial charge in [0.25, 0.3) is 0 Å². The highest BCUT2D eigenvalue weighted by Gasteiger charge is 2.15. The molecule has 0 atom stereocenters. The van der Waals surface area contributed by atoms with Crippen molar-refractivity contribution in [2.45, 2.75) is 12.7 Å². The second kappa shape index (κ2) is 6.50. The van der Waals surface area contributed by atoms with Crippen molar-refractivity contribution in [2.24, 2.45) is 0 Å². The number of rotatable bonds is 4. The molecule has 112 valence electrons. The number of anilines is 1. The summed E-state index contributed by atoms with van der Waals surface area (Å²) < 4.78 is 0. The van der Waals surface area contributed by atoms with Crippen molar-refractivity contribution in [3.05, 3.63) is 53.2 Å². The van der Waals surface area contributed by atoms with Gasteiger partial charge in [-0.1, -0.05) is 23.8 Å². The van der Waals surface area contributed by atoms with Crippen LogP contribution in [-0.2, 0) is 5.75 Å². The number of thioether (sulfide) groups is 1. The summed E-state index contributed by atoms with van der Waals surface area (Å²) in [6.45, 7) is 2.10. The van der Waals surface area contributed by atoms with E-state index in [1.807, 2.05) is 12.1 Å². The van der Waals surface area contributed by atoms with Crippen LogP contribution >= 0.6 is 23.1 Å². The molecule has 0 aliphatic rings. The van der Waals surface area contributed by atoms with Crippen molar-refractivity contribution in [1.82, 2.24) is 9.97 Å². The maximum Gasteiger partial charge on any atom is 0.123 e. The highest BCUT2D eigenvalue weighted by molar-refractivity contribution is 7.97. The third-order valence-corrected chi connectivity index (χ3v) is 5.12. The van der Waals surface area contributed by atoms with E-state index in [2.05, 4.69) is 42.4 Å². The van der Waals surface area contributed by atoms with Crippen LogP contribution in [-0.4, -0.2) is 16.2 Å². The summed E-state index contributed by atoms with van der Waals surface area (Å²) in [5.74, 6) is 1.46. The molecule has 0 spiro atoms. The van der Waals surface area contributed by atoms with Gasteiger partial charge in [0.05, 0.1) is 10.6 Å². The second-order valence-electron chi connectivity index (χ2n) is 5.06. The molecule has 0 fully saturated rings. The third-order valence-electron chi connectivity index (χ3n) is 3.27. The summed E-state index contributed by atoms with van der Waals surface area (Å²) in [5.41, 5.74) is 10.3. The Labute approximate surface area is 138 Å². The summed E-state index contributed by atoms with van der Waals surface area (Å²) in [4.78, 5) is 10.1. The second-order valence-corrected chi connectivity index (χ2v) is 7.01. The standard InChI is InChI=1S/C17H17N3S2/c1-11-4-3-5-12(8-11)16-17(22-15(20-16)10-21-2)13-6-7-19-14(18)9-13/h3-9H,10H2,1-2H3,(H2,18,19). The fourth-order valence-corrected chi connectivity index (χ4v) is 4.10. The van der Waals surface area contributed by atoms with Gasteiger partial charge in [0.2, 0.25) is 0 Å². The number of aryl methyl sites for hydroxylation is 1. The van der Waals surface area contributed by atoms with E-state index in [1.165, 1.54) is 5.56 Å². The Kier molecular flexibility index (Phi) is 4.45. The van der Waals surface area contributed by atoms with Gasteiger partial charge in [0, 0.05) is 17.5 Å². The number of nitrogens with two attached hydrogens (primary N) is 1. The number of hydrogen-bond donors (Lipinski definition) is 1. The molecule has 5 heteroatoms. The van der Waals surface area contributed by atoms with Crippen molar-refractivity contribution in [1.29, 1.82) is 0 Å². The van der Waals surface area contributed by atoms with Gasteiger partial charge >= 0.3 is 0 Å². The Morgan fingerprint density at radius 2 is 2.05 bits per heavy atom. The number of nitrogen functional groups attached to an aromatic ring is 1. The van der Waals surface area contributed by atoms with E-state index in [9.17, 15) is 0 Å². The van der Waals surface area contributed by atoms with Crippen LogP contribution in [0, 0.1) is 6.92 Å². The van der Waals surface area contributed by atoms with Crippen LogP contribution < -0.4 is 5.73 Å². The van der Waals surface area contributed by atoms with Gasteiger partial charge in [0.1, 0.15) is 10.8 Å². The van der Waals surface area contributed by atoms with Gasteiger partial charge < -0.3 is 5.73 Å². The number of nitrogens with zero attached hydrogens (tertiary/aromatic N) is 2. The highest BCUT2D eigenvalue weighted by atomic mass is 32.2. The first-order valence-corrected chi connectivity index (χ1v) is 9.16. The molecule has 1 aromatic carbocycles. The quantitative estimate of drug-likeness (QED) is 0.759. The lowest BCUT2D eigenvalue weighted by Crippen LogP contribution is -1.89. The van der Waals surface area contributed by atoms with E-state index < -0.39 is 0 Å². The molecule has 2 N–H and O–H groups in total. The zero-order valence-electron chi connectivity index (χ0n) is 12.5. The lowest BCUT2D eigenvalue weighted by atomic mass is 10.1. The smallest absolute Gasteiger partial charge is 0.123 e. The predicted octanol–water partition coefficient (Wildman–Crippen LogP) is 4.63. The Morgan fingerprint density at radius 3 is 2.77 bits per heavy atom. The lowest BCUT2D eigenvalue weighted by molar-refractivity contribution is 1.27. The molecule has 3 rings (SSSR count). The fraction of sp³-hybridized carbons (Fsp3) is 0.176. The van der Waals surface area contributed by atoms with Crippen LogP contribution in [0.3, 0.4) is 0 Å². The minimum absolute atomic E-state index is 0.535. The van der Waals surface area contributed by atoms with Crippen molar-refractivity contribution in [3.8, 4) is 21.7 Å². The van der Waals surface area contributed by atoms with Crippen LogP contribution in [0.2, 0.25) is 0 Å². The molecular weight excluding hydrogens is 310 g/mol. The number of pyridine rings is 1. The minimum atomic E-state index is 0.535. The molecule has 0 saturated carbocycles. The zero-order valence-corrected chi connectivity index (χ0v) is 14.2. The Morgan fingerprint density at radius 1 is 1.18 bits per heavy atom. The number of benzene rings is 1. The van der Waals surface area contributed by atoms with Gasteiger partial charge in [-0.3, -0.25) is 0 Å². The highest BCUT2D eigenvalue weighted by Crippen LogP contribution is 2.38. The van der Waals surface area contributed by atoms with Gasteiger partial charge in [-0.15, -0.1) is 11.3 Å². The zero-order chi connectivity index (χ0) is 15.5. The van der Waals surface area contributed by atoms with Crippen LogP contribution in [0.4, 0.5) is 5.82 Å². The van der Waals surface area contributed by atoms with E-state index in [1.54, 1.807) is 29.3 Å². The number of thiazole rings is 1. The first-order valence-electron chi connectivity index (χ1n) is 6.95. The average Bonchev–Trinajstić information content (AvgIpc) is 2.92. The van der Waals surface area contributed by atoms with Gasteiger partial charge in [-0.05, 0) is 36.9 Å².